The summed E-state index contributed by atoms with van der Waals surface area (Å²) in [6.45, 7) is 6.88. The molecule has 1 heterocycles. The summed E-state index contributed by atoms with van der Waals surface area (Å²) in [5.41, 5.74) is 0.837. The van der Waals surface area contributed by atoms with E-state index in [4.69, 9.17) is 0 Å². The molecule has 2 amide bonds. The fourth-order valence-electron chi connectivity index (χ4n) is 4.42. The maximum Gasteiger partial charge on any atom is 0.319 e. The summed E-state index contributed by atoms with van der Waals surface area (Å²) < 4.78 is 22.8. The largest absolute Gasteiger partial charge is 0.335 e. The molecule has 3 atom stereocenters. The third-order valence-electron chi connectivity index (χ3n) is 6.47. The second-order valence-electron chi connectivity index (χ2n) is 7.92. The Kier molecular flexibility index (Phi) is 3.90. The van der Waals surface area contributed by atoms with Crippen molar-refractivity contribution in [2.45, 2.75) is 51.1 Å². The molecule has 6 nitrogen and oxygen atoms in total. The Hall–Kier alpha value is -1.63. The zero-order valence-corrected chi connectivity index (χ0v) is 15.4. The van der Waals surface area contributed by atoms with Crippen molar-refractivity contribution in [3.63, 3.8) is 0 Å². The van der Waals surface area contributed by atoms with E-state index < -0.39 is 9.84 Å². The molecule has 0 unspecified atom stereocenters. The van der Waals surface area contributed by atoms with Gasteiger partial charge in [-0.1, -0.05) is 20.8 Å². The number of hydrogen-bond donors (Lipinski definition) is 2. The minimum absolute atomic E-state index is 0.00387. The highest BCUT2D eigenvalue weighted by Gasteiger charge is 2.61. The lowest BCUT2D eigenvalue weighted by molar-refractivity contribution is 0.125. The van der Waals surface area contributed by atoms with Crippen molar-refractivity contribution in [3.8, 4) is 0 Å². The van der Waals surface area contributed by atoms with Crippen LogP contribution >= 0.6 is 0 Å². The first-order valence-electron chi connectivity index (χ1n) is 8.28. The molecule has 2 N–H and O–H groups in total. The maximum absolute atomic E-state index is 12.3. The molecule has 7 heteroatoms. The molecule has 0 saturated heterocycles. The van der Waals surface area contributed by atoms with Crippen molar-refractivity contribution in [2.24, 2.45) is 16.7 Å². The number of amides is 2. The van der Waals surface area contributed by atoms with E-state index in [1.54, 1.807) is 6.07 Å². The Morgan fingerprint density at radius 2 is 2.00 bits per heavy atom. The number of aromatic nitrogens is 1. The van der Waals surface area contributed by atoms with Crippen LogP contribution in [-0.4, -0.2) is 31.7 Å². The van der Waals surface area contributed by atoms with E-state index in [1.165, 1.54) is 18.7 Å². The van der Waals surface area contributed by atoms with Crippen molar-refractivity contribution in [1.29, 1.82) is 0 Å². The highest BCUT2D eigenvalue weighted by atomic mass is 32.2. The summed E-state index contributed by atoms with van der Waals surface area (Å²) in [6, 6.07) is 2.84. The summed E-state index contributed by atoms with van der Waals surface area (Å²) in [4.78, 5) is 16.2. The first-order valence-corrected chi connectivity index (χ1v) is 10.2. The van der Waals surface area contributed by atoms with Crippen molar-refractivity contribution < 1.29 is 13.2 Å². The van der Waals surface area contributed by atoms with Crippen LogP contribution in [0.1, 0.15) is 40.0 Å². The van der Waals surface area contributed by atoms with Gasteiger partial charge in [-0.05, 0) is 48.1 Å². The molecule has 0 aliphatic heterocycles. The van der Waals surface area contributed by atoms with E-state index in [9.17, 15) is 13.2 Å². The molecule has 2 aliphatic rings. The molecule has 0 radical (unpaired) electrons. The number of fused-ring (bicyclic) bond motifs is 2. The lowest BCUT2D eigenvalue weighted by Gasteiger charge is -2.39. The fourth-order valence-corrected chi connectivity index (χ4v) is 4.98. The summed E-state index contributed by atoms with van der Waals surface area (Å²) in [7, 11) is -3.33. The van der Waals surface area contributed by atoms with Gasteiger partial charge in [0.1, 0.15) is 0 Å². The van der Waals surface area contributed by atoms with Gasteiger partial charge in [0.2, 0.25) is 0 Å². The first-order chi connectivity index (χ1) is 11.0. The van der Waals surface area contributed by atoms with Gasteiger partial charge < -0.3 is 10.6 Å². The summed E-state index contributed by atoms with van der Waals surface area (Å²) in [6.07, 6.45) is 5.86. The second-order valence-corrected chi connectivity index (χ2v) is 9.88. The Labute approximate surface area is 143 Å². The number of urea groups is 1. The molecular weight excluding hydrogens is 326 g/mol. The van der Waals surface area contributed by atoms with E-state index in [0.29, 0.717) is 11.6 Å². The monoisotopic (exact) mass is 351 g/mol. The summed E-state index contributed by atoms with van der Waals surface area (Å²) in [5, 5.41) is 5.84. The van der Waals surface area contributed by atoms with Gasteiger partial charge in [-0.2, -0.15) is 0 Å². The number of carbonyl (C=O) groups is 1. The summed E-state index contributed by atoms with van der Waals surface area (Å²) >= 11 is 0. The summed E-state index contributed by atoms with van der Waals surface area (Å²) in [5.74, 6) is 0.656. The average molecular weight is 351 g/mol. The third-order valence-corrected chi connectivity index (χ3v) is 7.47. The van der Waals surface area contributed by atoms with Gasteiger partial charge in [0, 0.05) is 12.3 Å². The minimum atomic E-state index is -3.33. The van der Waals surface area contributed by atoms with Gasteiger partial charge in [0.25, 0.3) is 0 Å². The van der Waals surface area contributed by atoms with Crippen molar-refractivity contribution in [1.82, 2.24) is 10.3 Å². The number of hydrogen-bond acceptors (Lipinski definition) is 4. The zero-order chi connectivity index (χ0) is 17.8. The van der Waals surface area contributed by atoms with Gasteiger partial charge in [0.15, 0.2) is 14.9 Å². The van der Waals surface area contributed by atoms with Gasteiger partial charge >= 0.3 is 6.03 Å². The van der Waals surface area contributed by atoms with Crippen LogP contribution in [0.2, 0.25) is 0 Å². The molecule has 2 aliphatic carbocycles. The zero-order valence-electron chi connectivity index (χ0n) is 14.6. The van der Waals surface area contributed by atoms with E-state index in [-0.39, 0.29) is 27.9 Å². The van der Waals surface area contributed by atoms with Crippen LogP contribution in [0.25, 0.3) is 0 Å². The normalized spacial score (nSPS) is 31.0. The van der Waals surface area contributed by atoms with Crippen LogP contribution in [-0.2, 0) is 9.84 Å². The lowest BCUT2D eigenvalue weighted by Crippen LogP contribution is -2.48. The standard InChI is InChI=1S/C17H25N3O3S/c1-16(2)11-7-8-17(16,3)13(9-11)20-15(21)19-12-5-6-14(18-10-12)24(4,22)23/h5-6,10-11,13H,7-9H2,1-4H3,(H2,19,20,21)/t11-,13+,17-/m0/s1. The minimum Gasteiger partial charge on any atom is -0.335 e. The molecular formula is C17H25N3O3S. The molecule has 2 saturated carbocycles. The highest BCUT2D eigenvalue weighted by Crippen LogP contribution is 2.65. The first kappa shape index (κ1) is 17.2. The van der Waals surface area contributed by atoms with Crippen LogP contribution in [0.4, 0.5) is 10.5 Å². The van der Waals surface area contributed by atoms with E-state index >= 15 is 0 Å². The molecule has 24 heavy (non-hydrogen) atoms. The topological polar surface area (TPSA) is 88.2 Å². The molecule has 0 spiro atoms. The smallest absolute Gasteiger partial charge is 0.319 e. The quantitative estimate of drug-likeness (QED) is 0.876. The Balaban J connectivity index is 1.65. The molecule has 1 aromatic heterocycles. The van der Waals surface area contributed by atoms with Gasteiger partial charge in [-0.3, -0.25) is 0 Å². The van der Waals surface area contributed by atoms with Crippen LogP contribution in [0, 0.1) is 16.7 Å². The van der Waals surface area contributed by atoms with E-state index in [2.05, 4.69) is 36.4 Å². The van der Waals surface area contributed by atoms with Crippen molar-refractivity contribution in [3.05, 3.63) is 18.3 Å². The van der Waals surface area contributed by atoms with Crippen LogP contribution in [0.5, 0.6) is 0 Å². The predicted molar refractivity (Wildman–Crippen MR) is 92.5 cm³/mol. The number of carbonyl (C=O) groups excluding carboxylic acids is 1. The Morgan fingerprint density at radius 1 is 1.29 bits per heavy atom. The van der Waals surface area contributed by atoms with Crippen LogP contribution in [0.15, 0.2) is 23.4 Å². The number of pyridine rings is 1. The molecule has 1 aromatic rings. The predicted octanol–water partition coefficient (Wildman–Crippen LogP) is 2.82. The van der Waals surface area contributed by atoms with E-state index in [1.807, 2.05) is 0 Å². The number of sulfone groups is 1. The highest BCUT2D eigenvalue weighted by molar-refractivity contribution is 7.90. The molecule has 2 bridgehead atoms. The molecule has 132 valence electrons. The van der Waals surface area contributed by atoms with Crippen LogP contribution < -0.4 is 10.6 Å². The Morgan fingerprint density at radius 3 is 2.46 bits per heavy atom. The van der Waals surface area contributed by atoms with E-state index in [0.717, 1.165) is 19.1 Å². The van der Waals surface area contributed by atoms with Gasteiger partial charge in [-0.25, -0.2) is 18.2 Å². The Bertz CT molecular complexity index is 758. The maximum atomic E-state index is 12.3. The third kappa shape index (κ3) is 2.68. The number of anilines is 1. The van der Waals surface area contributed by atoms with Crippen molar-refractivity contribution >= 4 is 21.6 Å². The second kappa shape index (κ2) is 5.44. The SMILES string of the molecule is CC1(C)[C@H]2CC[C@@]1(C)[C@H](NC(=O)Nc1ccc(S(C)(=O)=O)nc1)C2. The molecule has 3 rings (SSSR count). The average Bonchev–Trinajstić information content (AvgIpc) is 2.80. The number of nitrogens with one attached hydrogen (secondary N) is 2. The van der Waals surface area contributed by atoms with Gasteiger partial charge in [-0.15, -0.1) is 0 Å². The number of rotatable bonds is 3. The molecule has 0 aromatic carbocycles. The number of nitrogens with zero attached hydrogens (tertiary/aromatic N) is 1. The lowest BCUT2D eigenvalue weighted by atomic mass is 9.69. The molecule has 2 fully saturated rings. The van der Waals surface area contributed by atoms with Crippen LogP contribution in [0.3, 0.4) is 0 Å². The van der Waals surface area contributed by atoms with Gasteiger partial charge in [0.05, 0.1) is 11.9 Å². The van der Waals surface area contributed by atoms with Crippen molar-refractivity contribution in [2.75, 3.05) is 11.6 Å². The fraction of sp³-hybridized carbons (Fsp3) is 0.647.